The third kappa shape index (κ3) is 27.7. The topological polar surface area (TPSA) is 210 Å². The number of hydrogen-bond donors (Lipinski definition) is 6. The monoisotopic (exact) mass is 854 g/mol. The summed E-state index contributed by atoms with van der Waals surface area (Å²) < 4.78 is 33.4. The summed E-state index contributed by atoms with van der Waals surface area (Å²) in [4.78, 5) is 35.6. The van der Waals surface area contributed by atoms with Crippen LogP contribution in [0.1, 0.15) is 142 Å². The maximum Gasteiger partial charge on any atom is 0.472 e. The van der Waals surface area contributed by atoms with Crippen molar-refractivity contribution in [2.45, 2.75) is 185 Å². The summed E-state index contributed by atoms with van der Waals surface area (Å²) in [6.45, 7) is 3.15. The number of aliphatic hydroxyl groups excluding tert-OH is 5. The maximum absolute atomic E-state index is 12.8. The van der Waals surface area contributed by atoms with E-state index in [2.05, 4.69) is 80.7 Å². The Morgan fingerprint density at radius 2 is 0.898 bits per heavy atom. The van der Waals surface area contributed by atoms with Crippen LogP contribution in [-0.2, 0) is 32.7 Å². The van der Waals surface area contributed by atoms with Gasteiger partial charge in [-0.2, -0.15) is 0 Å². The Kier molecular flexibility index (Phi) is 32.2. The molecule has 0 heterocycles. The molecule has 0 aromatic carbocycles. The third-order valence-electron chi connectivity index (χ3n) is 9.52. The normalized spacial score (nSPS) is 23.1. The maximum atomic E-state index is 12.8. The van der Waals surface area contributed by atoms with Gasteiger partial charge in [-0.05, 0) is 89.9 Å². The molecule has 1 aliphatic carbocycles. The van der Waals surface area contributed by atoms with Gasteiger partial charge in [-0.25, -0.2) is 4.57 Å². The average Bonchev–Trinajstić information content (AvgIpc) is 3.21. The van der Waals surface area contributed by atoms with Crippen molar-refractivity contribution in [3.05, 3.63) is 72.9 Å². The lowest BCUT2D eigenvalue weighted by Crippen LogP contribution is -2.64. The predicted octanol–water partition coefficient (Wildman–Crippen LogP) is 7.94. The molecular weight excluding hydrogens is 779 g/mol. The summed E-state index contributed by atoms with van der Waals surface area (Å²) >= 11 is 0. The molecule has 1 rings (SSSR count). The highest BCUT2D eigenvalue weighted by atomic mass is 31.2. The van der Waals surface area contributed by atoms with Crippen molar-refractivity contribution in [3.63, 3.8) is 0 Å². The summed E-state index contributed by atoms with van der Waals surface area (Å²) in [5.74, 6) is -1.20. The van der Waals surface area contributed by atoms with Crippen molar-refractivity contribution >= 4 is 19.8 Å². The molecule has 0 aliphatic heterocycles. The molecule has 0 amide bonds. The Morgan fingerprint density at radius 1 is 0.525 bits per heavy atom. The number of carbonyl (C=O) groups is 2. The van der Waals surface area contributed by atoms with Crippen LogP contribution in [0.3, 0.4) is 0 Å². The van der Waals surface area contributed by atoms with Gasteiger partial charge in [0, 0.05) is 12.8 Å². The summed E-state index contributed by atoms with van der Waals surface area (Å²) in [5.41, 5.74) is 0. The van der Waals surface area contributed by atoms with Gasteiger partial charge in [-0.1, -0.05) is 112 Å². The highest BCUT2D eigenvalue weighted by Crippen LogP contribution is 2.47. The van der Waals surface area contributed by atoms with E-state index in [-0.39, 0.29) is 12.8 Å². The summed E-state index contributed by atoms with van der Waals surface area (Å²) in [7, 11) is -5.14. The van der Waals surface area contributed by atoms with Crippen LogP contribution in [-0.4, -0.2) is 98.3 Å². The van der Waals surface area contributed by atoms with Crippen molar-refractivity contribution in [3.8, 4) is 0 Å². The number of esters is 2. The molecule has 0 aromatic rings. The Bertz CT molecular complexity index is 1310. The molecule has 1 fully saturated rings. The van der Waals surface area contributed by atoms with Crippen LogP contribution < -0.4 is 0 Å². The van der Waals surface area contributed by atoms with Crippen molar-refractivity contribution in [1.82, 2.24) is 0 Å². The minimum atomic E-state index is -5.14. The van der Waals surface area contributed by atoms with E-state index < -0.39 is 75.7 Å². The van der Waals surface area contributed by atoms with Crippen molar-refractivity contribution in [1.29, 1.82) is 0 Å². The van der Waals surface area contributed by atoms with E-state index in [0.717, 1.165) is 57.8 Å². The van der Waals surface area contributed by atoms with Gasteiger partial charge in [0.05, 0.1) is 6.61 Å². The van der Waals surface area contributed by atoms with Gasteiger partial charge in [0.1, 0.15) is 43.2 Å². The quantitative estimate of drug-likeness (QED) is 0.0157. The minimum absolute atomic E-state index is 0.0358. The van der Waals surface area contributed by atoms with E-state index >= 15 is 0 Å². The summed E-state index contributed by atoms with van der Waals surface area (Å²) in [6, 6.07) is 0. The van der Waals surface area contributed by atoms with Gasteiger partial charge in [-0.3, -0.25) is 18.6 Å². The van der Waals surface area contributed by atoms with Crippen LogP contribution in [0, 0.1) is 0 Å². The number of carbonyl (C=O) groups excluding carboxylic acids is 2. The summed E-state index contributed by atoms with van der Waals surface area (Å²) in [5, 5.41) is 50.1. The number of unbranched alkanes of at least 4 members (excludes halogenated alkanes) is 10. The molecule has 0 bridgehead atoms. The lowest BCUT2D eigenvalue weighted by molar-refractivity contribution is -0.220. The van der Waals surface area contributed by atoms with Crippen molar-refractivity contribution in [2.75, 3.05) is 13.2 Å². The van der Waals surface area contributed by atoms with E-state index in [4.69, 9.17) is 18.5 Å². The van der Waals surface area contributed by atoms with E-state index in [1.54, 1.807) is 0 Å². The number of aliphatic hydroxyl groups is 5. The van der Waals surface area contributed by atoms with E-state index in [0.29, 0.717) is 19.3 Å². The van der Waals surface area contributed by atoms with Gasteiger partial charge in [0.25, 0.3) is 0 Å². The standard InChI is InChI=1S/C45H75O13P/c1-3-5-7-9-11-13-15-17-19-21-23-25-27-29-31-33-38(46)55-35-37(36-56-59(53,54)58-45-43(51)41(49)40(48)42(50)44(45)52)57-39(47)34-32-30-28-26-24-22-20-18-16-14-12-10-8-6-4-2/h11-14,17-20,23-26,37,40-45,48-52H,3-10,15-16,21-22,27-36H2,1-2H3,(H,53,54)/b13-11-,14-12-,19-17-,20-18-,25-23-,26-24-/t37-,40?,41-,42?,43?,44?,45?/m1/s1. The molecule has 6 N–H and O–H groups in total. The predicted molar refractivity (Wildman–Crippen MR) is 230 cm³/mol. The van der Waals surface area contributed by atoms with Gasteiger partial charge in [0.2, 0.25) is 0 Å². The second kappa shape index (κ2) is 34.9. The summed E-state index contributed by atoms with van der Waals surface area (Å²) in [6.07, 6.45) is 29.7. The Hall–Kier alpha value is -2.71. The van der Waals surface area contributed by atoms with Crippen molar-refractivity contribution < 1.29 is 63.1 Å². The average molecular weight is 855 g/mol. The van der Waals surface area contributed by atoms with E-state index in [9.17, 15) is 44.6 Å². The Labute approximate surface area is 353 Å². The number of hydrogen-bond acceptors (Lipinski definition) is 12. The van der Waals surface area contributed by atoms with Gasteiger partial charge >= 0.3 is 19.8 Å². The van der Waals surface area contributed by atoms with Crippen LogP contribution in [0.15, 0.2) is 72.9 Å². The second-order valence-electron chi connectivity index (χ2n) is 14.8. The molecule has 13 nitrogen and oxygen atoms in total. The molecule has 1 saturated carbocycles. The fraction of sp³-hybridized carbons (Fsp3) is 0.689. The molecule has 1 aliphatic rings. The number of allylic oxidation sites excluding steroid dienone is 12. The van der Waals surface area contributed by atoms with E-state index in [1.165, 1.54) is 38.5 Å². The molecule has 59 heavy (non-hydrogen) atoms. The van der Waals surface area contributed by atoms with Gasteiger partial charge < -0.3 is 39.9 Å². The first kappa shape index (κ1) is 54.3. The zero-order valence-electron chi connectivity index (χ0n) is 35.5. The van der Waals surface area contributed by atoms with Gasteiger partial charge in [0.15, 0.2) is 6.10 Å². The van der Waals surface area contributed by atoms with Crippen LogP contribution in [0.5, 0.6) is 0 Å². The Balaban J connectivity index is 2.56. The first-order valence-corrected chi connectivity index (χ1v) is 23.2. The second-order valence-corrected chi connectivity index (χ2v) is 16.2. The lowest BCUT2D eigenvalue weighted by Gasteiger charge is -2.41. The van der Waals surface area contributed by atoms with Crippen molar-refractivity contribution in [2.24, 2.45) is 0 Å². The minimum Gasteiger partial charge on any atom is -0.462 e. The van der Waals surface area contributed by atoms with Crippen LogP contribution >= 0.6 is 7.82 Å². The molecule has 0 aromatic heterocycles. The molecule has 338 valence electrons. The zero-order chi connectivity index (χ0) is 43.6. The lowest BCUT2D eigenvalue weighted by atomic mass is 9.85. The highest BCUT2D eigenvalue weighted by Gasteiger charge is 2.51. The fourth-order valence-corrected chi connectivity index (χ4v) is 6.92. The van der Waals surface area contributed by atoms with Crippen LogP contribution in [0.2, 0.25) is 0 Å². The molecule has 0 saturated heterocycles. The Morgan fingerprint density at radius 3 is 1.32 bits per heavy atom. The van der Waals surface area contributed by atoms with Gasteiger partial charge in [-0.15, -0.1) is 0 Å². The molecule has 6 unspecified atom stereocenters. The number of phosphoric ester groups is 1. The number of phosphoric acid groups is 1. The molecular formula is C45H75O13P. The molecule has 0 radical (unpaired) electrons. The largest absolute Gasteiger partial charge is 0.472 e. The molecule has 14 heteroatoms. The fourth-order valence-electron chi connectivity index (χ4n) is 5.94. The van der Waals surface area contributed by atoms with Crippen LogP contribution in [0.25, 0.3) is 0 Å². The molecule has 8 atom stereocenters. The van der Waals surface area contributed by atoms with Crippen LogP contribution in [0.4, 0.5) is 0 Å². The smallest absolute Gasteiger partial charge is 0.462 e. The SMILES string of the molecule is CCCCC/C=C\C/C=C\C/C=C\CCCCC(=O)OC[C@H](COP(=O)(O)OC1C(O)C(O)C(O)[C@@H](O)C1O)OC(=O)CCCC/C=C\C/C=C\C/C=C\CCCCC. The molecule has 0 spiro atoms. The first-order chi connectivity index (χ1) is 28.4. The number of ether oxygens (including phenoxy) is 2. The zero-order valence-corrected chi connectivity index (χ0v) is 36.4. The first-order valence-electron chi connectivity index (χ1n) is 21.7. The highest BCUT2D eigenvalue weighted by molar-refractivity contribution is 7.47. The van der Waals surface area contributed by atoms with E-state index in [1.807, 2.05) is 6.08 Å². The third-order valence-corrected chi connectivity index (χ3v) is 10.5. The number of rotatable bonds is 34.